The SMILES string of the molecule is Cc1ccc(NC(=O)c2cccc(NC(=O)C3CC3C)c2)cc1. The monoisotopic (exact) mass is 308 g/mol. The largest absolute Gasteiger partial charge is 0.326 e. The number of aryl methyl sites for hydroxylation is 1. The highest BCUT2D eigenvalue weighted by atomic mass is 16.2. The smallest absolute Gasteiger partial charge is 0.255 e. The zero-order chi connectivity index (χ0) is 16.4. The van der Waals surface area contributed by atoms with E-state index in [0.717, 1.165) is 17.7 Å². The van der Waals surface area contributed by atoms with Gasteiger partial charge < -0.3 is 10.6 Å². The summed E-state index contributed by atoms with van der Waals surface area (Å²) in [6, 6.07) is 14.6. The van der Waals surface area contributed by atoms with E-state index in [-0.39, 0.29) is 17.7 Å². The Kier molecular flexibility index (Phi) is 4.15. The summed E-state index contributed by atoms with van der Waals surface area (Å²) in [7, 11) is 0. The van der Waals surface area contributed by atoms with Gasteiger partial charge in [0.2, 0.25) is 5.91 Å². The summed E-state index contributed by atoms with van der Waals surface area (Å²) in [4.78, 5) is 24.3. The fraction of sp³-hybridized carbons (Fsp3) is 0.263. The molecule has 2 amide bonds. The topological polar surface area (TPSA) is 58.2 Å². The molecule has 0 bridgehead atoms. The molecule has 3 rings (SSSR count). The Morgan fingerprint density at radius 2 is 1.70 bits per heavy atom. The molecule has 0 aliphatic heterocycles. The van der Waals surface area contributed by atoms with Gasteiger partial charge in [0.15, 0.2) is 0 Å². The molecule has 1 aliphatic carbocycles. The van der Waals surface area contributed by atoms with Gasteiger partial charge in [-0.25, -0.2) is 0 Å². The van der Waals surface area contributed by atoms with Crippen molar-refractivity contribution < 1.29 is 9.59 Å². The van der Waals surface area contributed by atoms with E-state index in [4.69, 9.17) is 0 Å². The molecule has 0 heterocycles. The molecule has 118 valence electrons. The quantitative estimate of drug-likeness (QED) is 0.901. The molecule has 0 spiro atoms. The molecule has 4 heteroatoms. The van der Waals surface area contributed by atoms with Crippen LogP contribution in [0.15, 0.2) is 48.5 Å². The molecule has 2 atom stereocenters. The average Bonchev–Trinajstić information content (AvgIpc) is 3.27. The zero-order valence-electron chi connectivity index (χ0n) is 13.3. The lowest BCUT2D eigenvalue weighted by atomic mass is 10.1. The number of nitrogens with one attached hydrogen (secondary N) is 2. The molecule has 0 aromatic heterocycles. The van der Waals surface area contributed by atoms with Crippen LogP contribution in [-0.2, 0) is 4.79 Å². The maximum atomic E-state index is 12.3. The third-order valence-electron chi connectivity index (χ3n) is 4.15. The summed E-state index contributed by atoms with van der Waals surface area (Å²) >= 11 is 0. The Labute approximate surface area is 135 Å². The lowest BCUT2D eigenvalue weighted by molar-refractivity contribution is -0.117. The van der Waals surface area contributed by atoms with Crippen LogP contribution in [0.1, 0.15) is 29.3 Å². The molecule has 1 fully saturated rings. The molecule has 1 aliphatic rings. The van der Waals surface area contributed by atoms with Gasteiger partial charge in [0.25, 0.3) is 5.91 Å². The number of benzene rings is 2. The number of rotatable bonds is 4. The molecule has 2 aromatic rings. The van der Waals surface area contributed by atoms with Crippen molar-refractivity contribution in [3.05, 3.63) is 59.7 Å². The van der Waals surface area contributed by atoms with Gasteiger partial charge in [-0.15, -0.1) is 0 Å². The van der Waals surface area contributed by atoms with Crippen molar-refractivity contribution in [1.82, 2.24) is 0 Å². The van der Waals surface area contributed by atoms with Crippen LogP contribution in [0.2, 0.25) is 0 Å². The number of amides is 2. The molecular formula is C19H20N2O2. The number of hydrogen-bond donors (Lipinski definition) is 2. The second-order valence-corrected chi connectivity index (χ2v) is 6.21. The van der Waals surface area contributed by atoms with E-state index in [2.05, 4.69) is 17.6 Å². The van der Waals surface area contributed by atoms with E-state index < -0.39 is 0 Å². The van der Waals surface area contributed by atoms with Crippen molar-refractivity contribution in [2.24, 2.45) is 11.8 Å². The van der Waals surface area contributed by atoms with Crippen molar-refractivity contribution in [1.29, 1.82) is 0 Å². The highest BCUT2D eigenvalue weighted by Crippen LogP contribution is 2.38. The molecule has 23 heavy (non-hydrogen) atoms. The first-order valence-corrected chi connectivity index (χ1v) is 7.82. The maximum absolute atomic E-state index is 12.3. The highest BCUT2D eigenvalue weighted by molar-refractivity contribution is 6.05. The van der Waals surface area contributed by atoms with Crippen molar-refractivity contribution in [3.8, 4) is 0 Å². The number of carbonyl (C=O) groups excluding carboxylic acids is 2. The van der Waals surface area contributed by atoms with Crippen LogP contribution in [0.25, 0.3) is 0 Å². The van der Waals surface area contributed by atoms with Crippen LogP contribution >= 0.6 is 0 Å². The van der Waals surface area contributed by atoms with Crippen LogP contribution in [0, 0.1) is 18.8 Å². The van der Waals surface area contributed by atoms with Gasteiger partial charge in [-0.2, -0.15) is 0 Å². The lowest BCUT2D eigenvalue weighted by Gasteiger charge is -2.08. The molecule has 4 nitrogen and oxygen atoms in total. The van der Waals surface area contributed by atoms with Crippen LogP contribution in [0.5, 0.6) is 0 Å². The first-order chi connectivity index (χ1) is 11.0. The summed E-state index contributed by atoms with van der Waals surface area (Å²) < 4.78 is 0. The predicted molar refractivity (Wildman–Crippen MR) is 91.5 cm³/mol. The minimum atomic E-state index is -0.190. The molecule has 1 saturated carbocycles. The summed E-state index contributed by atoms with van der Waals surface area (Å²) in [6.07, 6.45) is 0.944. The van der Waals surface area contributed by atoms with Gasteiger partial charge in [-0.3, -0.25) is 9.59 Å². The zero-order valence-corrected chi connectivity index (χ0v) is 13.3. The minimum Gasteiger partial charge on any atom is -0.326 e. The molecule has 2 unspecified atom stereocenters. The highest BCUT2D eigenvalue weighted by Gasteiger charge is 2.39. The van der Waals surface area contributed by atoms with Gasteiger partial charge in [-0.1, -0.05) is 30.7 Å². The molecule has 0 saturated heterocycles. The Hall–Kier alpha value is -2.62. The second kappa shape index (κ2) is 6.24. The Morgan fingerprint density at radius 1 is 1.00 bits per heavy atom. The molecule has 2 aromatic carbocycles. The second-order valence-electron chi connectivity index (χ2n) is 6.21. The molecule has 0 radical (unpaired) electrons. The van der Waals surface area contributed by atoms with Crippen molar-refractivity contribution in [3.63, 3.8) is 0 Å². The summed E-state index contributed by atoms with van der Waals surface area (Å²) in [6.45, 7) is 4.06. The number of anilines is 2. The Bertz CT molecular complexity index is 737. The van der Waals surface area contributed by atoms with Gasteiger partial charge in [0.05, 0.1) is 0 Å². The van der Waals surface area contributed by atoms with E-state index in [9.17, 15) is 9.59 Å². The first kappa shape index (κ1) is 15.3. The van der Waals surface area contributed by atoms with Crippen LogP contribution in [0.3, 0.4) is 0 Å². The van der Waals surface area contributed by atoms with Crippen LogP contribution in [0.4, 0.5) is 11.4 Å². The van der Waals surface area contributed by atoms with E-state index >= 15 is 0 Å². The maximum Gasteiger partial charge on any atom is 0.255 e. The number of hydrogen-bond acceptors (Lipinski definition) is 2. The van der Waals surface area contributed by atoms with Crippen molar-refractivity contribution in [2.75, 3.05) is 10.6 Å². The first-order valence-electron chi connectivity index (χ1n) is 7.82. The van der Waals surface area contributed by atoms with Gasteiger partial charge in [0, 0.05) is 22.9 Å². The van der Waals surface area contributed by atoms with Gasteiger partial charge >= 0.3 is 0 Å². The Balaban J connectivity index is 1.67. The third-order valence-corrected chi connectivity index (χ3v) is 4.15. The normalized spacial score (nSPS) is 19.0. The van der Waals surface area contributed by atoms with E-state index in [1.165, 1.54) is 0 Å². The summed E-state index contributed by atoms with van der Waals surface area (Å²) in [5, 5.41) is 5.74. The van der Waals surface area contributed by atoms with Gasteiger partial charge in [-0.05, 0) is 49.6 Å². The fourth-order valence-corrected chi connectivity index (χ4v) is 2.50. The van der Waals surface area contributed by atoms with E-state index in [0.29, 0.717) is 17.2 Å². The van der Waals surface area contributed by atoms with Gasteiger partial charge in [0.1, 0.15) is 0 Å². The lowest BCUT2D eigenvalue weighted by Crippen LogP contribution is -2.16. The van der Waals surface area contributed by atoms with E-state index in [1.54, 1.807) is 24.3 Å². The van der Waals surface area contributed by atoms with Crippen molar-refractivity contribution in [2.45, 2.75) is 20.3 Å². The van der Waals surface area contributed by atoms with Crippen molar-refractivity contribution >= 4 is 23.2 Å². The number of carbonyl (C=O) groups is 2. The fourth-order valence-electron chi connectivity index (χ4n) is 2.50. The van der Waals surface area contributed by atoms with Crippen LogP contribution < -0.4 is 10.6 Å². The average molecular weight is 308 g/mol. The minimum absolute atomic E-state index is 0.0357. The third kappa shape index (κ3) is 3.77. The standard InChI is InChI=1S/C19H20N2O2/c1-12-6-8-15(9-7-12)20-18(22)14-4-3-5-16(11-14)21-19(23)17-10-13(17)2/h3-9,11,13,17H,10H2,1-2H3,(H,20,22)(H,21,23). The van der Waals surface area contributed by atoms with Crippen LogP contribution in [-0.4, -0.2) is 11.8 Å². The molecule has 2 N–H and O–H groups in total. The summed E-state index contributed by atoms with van der Waals surface area (Å²) in [5.74, 6) is 0.418. The van der Waals surface area contributed by atoms with E-state index in [1.807, 2.05) is 31.2 Å². The predicted octanol–water partition coefficient (Wildman–Crippen LogP) is 3.84. The molecular weight excluding hydrogens is 288 g/mol. The Morgan fingerprint density at radius 3 is 2.35 bits per heavy atom. The summed E-state index contributed by atoms with van der Waals surface area (Å²) in [5.41, 5.74) is 3.07.